The van der Waals surface area contributed by atoms with E-state index >= 15 is 0 Å². The maximum Gasteiger partial charge on any atom is 0.234 e. The van der Waals surface area contributed by atoms with Gasteiger partial charge in [-0.25, -0.2) is 8.78 Å². The third-order valence-corrected chi connectivity index (χ3v) is 32.7. The number of alkyl halides is 2. The molecule has 6 heterocycles. The van der Waals surface area contributed by atoms with Gasteiger partial charge < -0.3 is 14.2 Å². The standard InChI is InChI=1S/C17H30.C15H18.C14H24.C13H14.C10H16O.C9H12.C8H10F2O.C8H12O.6CH4/c1-12-13(2)17(15(6,7)8)10-9-16(12,11-17)14(3,4)5;1-10-11(2)15(4)9-14(10,3)12-7-5-6-8-13(12)15;1-10-11(2)14(12(3,4)5)8-7-13(10,6)9-14;1-8-9(2)13-7-12(8)10-5-3-4-6-11(10)13;1-7-8(2)10(4)6-5-9(7,3)11-10;1-6-7(2)9-4-3-8(6)5-9;1-5-6(2)8(10)4-3-7(5,9)11-8;1-5-6(2)8-4-3-7(5)9-8;;;;;;/h9-11H2,1-8H3;5-8H,9H2,1-4H3;7-9H2,1-6H3;3-6,12-13H,7H2,1-2H3;5-6H2,1-4H3;3-4,8-9H,5H2,1-2H3;3-4H2,1-2H3;7-8H,3-4H2,1-2H3;6*1H4. The maximum absolute atomic E-state index is 13.5. The Labute approximate surface area is 647 Å². The fraction of sp³-hybridized carbons (Fsp3) is 0.700. The van der Waals surface area contributed by atoms with Crippen molar-refractivity contribution >= 4 is 0 Å². The molecule has 16 unspecified atom stereocenters. The van der Waals surface area contributed by atoms with Crippen LogP contribution in [0.4, 0.5) is 8.78 Å². The van der Waals surface area contributed by atoms with Crippen molar-refractivity contribution in [3.05, 3.63) is 172 Å². The van der Waals surface area contributed by atoms with Gasteiger partial charge in [0.2, 0.25) is 11.7 Å². The predicted octanol–water partition coefficient (Wildman–Crippen LogP) is 31.1. The molecule has 592 valence electrons. The van der Waals surface area contributed by atoms with Crippen LogP contribution in [0.25, 0.3) is 0 Å². The Kier molecular flexibility index (Phi) is 26.3. The average molecular weight is 1450 g/mol. The van der Waals surface area contributed by atoms with Crippen molar-refractivity contribution < 1.29 is 23.0 Å². The Morgan fingerprint density at radius 3 is 0.943 bits per heavy atom. The number of rotatable bonds is 0. The second kappa shape index (κ2) is 30.2. The third kappa shape index (κ3) is 14.0. The number of hydrogen-bond donors (Lipinski definition) is 0. The van der Waals surface area contributed by atoms with Gasteiger partial charge in [0, 0.05) is 35.5 Å². The molecule has 16 bridgehead atoms. The van der Waals surface area contributed by atoms with Crippen LogP contribution in [0.15, 0.2) is 150 Å². The van der Waals surface area contributed by atoms with Gasteiger partial charge in [0.25, 0.3) is 0 Å². The van der Waals surface area contributed by atoms with Crippen LogP contribution < -0.4 is 0 Å². The molecule has 105 heavy (non-hydrogen) atoms. The van der Waals surface area contributed by atoms with Crippen LogP contribution in [0.3, 0.4) is 0 Å². The molecule has 3 nitrogen and oxygen atoms in total. The molecule has 0 aromatic heterocycles. The molecule has 0 N–H and O–H groups in total. The van der Waals surface area contributed by atoms with E-state index in [4.69, 9.17) is 9.47 Å². The second-order valence-corrected chi connectivity index (χ2v) is 39.3. The highest BCUT2D eigenvalue weighted by molar-refractivity contribution is 5.61. The molecule has 5 heteroatoms. The first kappa shape index (κ1) is 91.5. The monoisotopic (exact) mass is 1450 g/mol. The van der Waals surface area contributed by atoms with Gasteiger partial charge in [0.05, 0.1) is 23.4 Å². The molecule has 16 atom stereocenters. The Morgan fingerprint density at radius 2 is 0.686 bits per heavy atom. The fourth-order valence-electron chi connectivity index (χ4n) is 23.6. The first-order chi connectivity index (χ1) is 45.5. The minimum Gasteiger partial charge on any atom is -0.366 e. The van der Waals surface area contributed by atoms with Crippen molar-refractivity contribution in [2.24, 2.45) is 49.7 Å². The lowest BCUT2D eigenvalue weighted by atomic mass is 9.62. The number of hydrogen-bond acceptors (Lipinski definition) is 3. The molecule has 3 saturated heterocycles. The molecule has 2 saturated carbocycles. The quantitative estimate of drug-likeness (QED) is 0.246. The second-order valence-electron chi connectivity index (χ2n) is 39.3. The van der Waals surface area contributed by atoms with E-state index < -0.39 is 11.7 Å². The summed E-state index contributed by atoms with van der Waals surface area (Å²) in [6, 6.07) is 17.9. The molecule has 0 amide bonds. The zero-order chi connectivity index (χ0) is 73.3. The smallest absolute Gasteiger partial charge is 0.234 e. The summed E-state index contributed by atoms with van der Waals surface area (Å²) in [4.78, 5) is 0. The summed E-state index contributed by atoms with van der Waals surface area (Å²) in [6.45, 7) is 68.9. The SMILES string of the molecule is C.C.C.C.C.C.CC1=C(C)C2(C(C)(C)C)CCC1(C(C)(C)C)C2.CC1=C(C)C2(C(C)(C)C)CCC1(C)C2.CC1=C(C)C2(C)CC1(C)c1ccccc12.CC1=C(C)C2(C)CCC1(C)O2.CC1=C(C)C2(F)CCC1(F)O2.CC1=C(C)C2C=CC1C2.CC1=C(C)C2CC1c1ccccc12.CC1=C(C)C2CCC1O2. The number of ether oxygens (including phenoxy) is 3. The van der Waals surface area contributed by atoms with Gasteiger partial charge in [-0.1, -0.05) is 244 Å². The Morgan fingerprint density at radius 1 is 0.343 bits per heavy atom. The summed E-state index contributed by atoms with van der Waals surface area (Å²) in [5, 5.41) is 0. The summed E-state index contributed by atoms with van der Waals surface area (Å²) in [5.41, 5.74) is 33.7. The topological polar surface area (TPSA) is 27.7 Å². The van der Waals surface area contributed by atoms with E-state index in [9.17, 15) is 8.78 Å². The van der Waals surface area contributed by atoms with Crippen LogP contribution in [0, 0.1) is 49.7 Å². The Balaban J connectivity index is 0.000000215. The molecular formula is C100H160F2O3. The third-order valence-electron chi connectivity index (χ3n) is 32.7. The van der Waals surface area contributed by atoms with Crippen LogP contribution >= 0.6 is 0 Å². The minimum atomic E-state index is -1.79. The highest BCUT2D eigenvalue weighted by Crippen LogP contribution is 2.75. The minimum absolute atomic E-state index is 0. The van der Waals surface area contributed by atoms with Gasteiger partial charge in [-0.05, 0) is 314 Å². The predicted molar refractivity (Wildman–Crippen MR) is 455 cm³/mol. The van der Waals surface area contributed by atoms with E-state index in [2.05, 4.69) is 259 Å². The lowest BCUT2D eigenvalue weighted by molar-refractivity contribution is -0.167. The van der Waals surface area contributed by atoms with Gasteiger partial charge in [-0.2, -0.15) is 0 Å². The van der Waals surface area contributed by atoms with Crippen LogP contribution in [0.2, 0.25) is 0 Å². The van der Waals surface area contributed by atoms with E-state index in [1.807, 2.05) is 0 Å². The first-order valence-electron chi connectivity index (χ1n) is 39.3. The van der Waals surface area contributed by atoms with Crippen LogP contribution in [0.5, 0.6) is 0 Å². The van der Waals surface area contributed by atoms with E-state index in [0.29, 0.717) is 72.1 Å². The molecule has 6 aliphatic heterocycles. The van der Waals surface area contributed by atoms with Crippen molar-refractivity contribution in [3.8, 4) is 0 Å². The summed E-state index contributed by atoms with van der Waals surface area (Å²) in [7, 11) is 0. The zero-order valence-corrected chi connectivity index (χ0v) is 68.3. The van der Waals surface area contributed by atoms with E-state index in [0.717, 1.165) is 23.7 Å². The Hall–Kier alpha value is -4.16. The van der Waals surface area contributed by atoms with Crippen LogP contribution in [-0.2, 0) is 25.0 Å². The molecule has 5 fully saturated rings. The van der Waals surface area contributed by atoms with E-state index in [1.165, 1.54) is 106 Å². The van der Waals surface area contributed by atoms with Crippen LogP contribution in [0.1, 0.15) is 383 Å². The molecular weight excluding hydrogens is 1290 g/mol. The van der Waals surface area contributed by atoms with E-state index in [-0.39, 0.29) is 68.6 Å². The zero-order valence-electron chi connectivity index (χ0n) is 68.3. The molecule has 2 aromatic carbocycles. The molecule has 10 aliphatic carbocycles. The van der Waals surface area contributed by atoms with Gasteiger partial charge in [0.1, 0.15) is 0 Å². The largest absolute Gasteiger partial charge is 0.366 e. The number of fused-ring (bicyclic) bond motifs is 22. The van der Waals surface area contributed by atoms with Gasteiger partial charge >= 0.3 is 0 Å². The lowest BCUT2D eigenvalue weighted by Gasteiger charge is -2.42. The highest BCUT2D eigenvalue weighted by Gasteiger charge is 2.65. The summed E-state index contributed by atoms with van der Waals surface area (Å²) in [6.07, 6.45) is 23.3. The average Bonchev–Trinajstić information content (AvgIpc) is 1.53. The van der Waals surface area contributed by atoms with Crippen molar-refractivity contribution in [2.75, 3.05) is 0 Å². The van der Waals surface area contributed by atoms with Crippen molar-refractivity contribution in [3.63, 3.8) is 0 Å². The first-order valence-corrected chi connectivity index (χ1v) is 39.3. The van der Waals surface area contributed by atoms with Crippen molar-refractivity contribution in [2.45, 2.75) is 406 Å². The maximum atomic E-state index is 13.5. The van der Waals surface area contributed by atoms with Crippen LogP contribution in [-0.4, -0.2) is 35.1 Å². The summed E-state index contributed by atoms with van der Waals surface area (Å²) >= 11 is 0. The van der Waals surface area contributed by atoms with Gasteiger partial charge in [-0.3, -0.25) is 0 Å². The summed E-state index contributed by atoms with van der Waals surface area (Å²) in [5.74, 6) is -0.454. The number of benzene rings is 2. The molecule has 2 aromatic rings. The highest BCUT2D eigenvalue weighted by atomic mass is 19.2. The fourth-order valence-corrected chi connectivity index (χ4v) is 23.6. The number of allylic oxidation sites excluding steroid dienone is 12. The molecule has 0 radical (unpaired) electrons. The number of halogens is 2. The van der Waals surface area contributed by atoms with E-state index in [1.54, 1.807) is 91.8 Å². The Bertz CT molecular complexity index is 3630. The van der Waals surface area contributed by atoms with Gasteiger partial charge in [-0.15, -0.1) is 0 Å². The van der Waals surface area contributed by atoms with Gasteiger partial charge in [0.15, 0.2) is 0 Å². The molecule has 18 rings (SSSR count). The normalized spacial score (nSPS) is 37.9. The molecule has 16 aliphatic rings. The summed E-state index contributed by atoms with van der Waals surface area (Å²) < 4.78 is 43.2. The lowest BCUT2D eigenvalue weighted by Crippen LogP contribution is -2.34. The molecule has 0 spiro atoms. The van der Waals surface area contributed by atoms with Crippen molar-refractivity contribution in [1.29, 1.82) is 0 Å². The van der Waals surface area contributed by atoms with Crippen molar-refractivity contribution in [1.82, 2.24) is 0 Å².